The number of aliphatic hydroxyl groups excluding tert-OH is 1. The number of aliphatic hydroxyl groups is 1. The van der Waals surface area contributed by atoms with Crippen molar-refractivity contribution in [1.29, 1.82) is 0 Å². The van der Waals surface area contributed by atoms with Crippen molar-refractivity contribution < 1.29 is 5.11 Å². The second-order valence-electron chi connectivity index (χ2n) is 5.37. The van der Waals surface area contributed by atoms with Crippen LogP contribution >= 0.6 is 0 Å². The minimum Gasteiger partial charge on any atom is -0.384 e. The molecule has 2 aromatic rings. The molecule has 0 bridgehead atoms. The molecule has 2 rings (SSSR count). The number of nitrogens with zero attached hydrogens (tertiary/aromatic N) is 2. The van der Waals surface area contributed by atoms with Crippen LogP contribution in [0.25, 0.3) is 0 Å². The summed E-state index contributed by atoms with van der Waals surface area (Å²) in [5.74, 6) is 0.651. The average Bonchev–Trinajstić information content (AvgIpc) is 2.87. The van der Waals surface area contributed by atoms with Gasteiger partial charge >= 0.3 is 0 Å². The molecule has 0 spiro atoms. The van der Waals surface area contributed by atoms with Gasteiger partial charge in [-0.25, -0.2) is 0 Å². The lowest BCUT2D eigenvalue weighted by Crippen LogP contribution is -2.00. The van der Waals surface area contributed by atoms with E-state index in [4.69, 9.17) is 0 Å². The summed E-state index contributed by atoms with van der Waals surface area (Å²) >= 11 is 0. The maximum Gasteiger partial charge on any atom is 0.107 e. The summed E-state index contributed by atoms with van der Waals surface area (Å²) in [5.41, 5.74) is 3.08. The standard InChI is InChI=1S/C16H22N2O/c1-4-18-11-15(10-17-18)16(19)14-7-5-13(6-8-14)9-12(2)3/h5-8,10-12,16,19H,4,9H2,1-3H3. The topological polar surface area (TPSA) is 38.0 Å². The summed E-state index contributed by atoms with van der Waals surface area (Å²) in [6, 6.07) is 8.21. The van der Waals surface area contributed by atoms with Crippen molar-refractivity contribution in [3.63, 3.8) is 0 Å². The Bertz CT molecular complexity index is 514. The second kappa shape index (κ2) is 6.02. The Morgan fingerprint density at radius 2 is 1.84 bits per heavy atom. The number of benzene rings is 1. The summed E-state index contributed by atoms with van der Waals surface area (Å²) in [5, 5.41) is 14.5. The molecule has 3 heteroatoms. The van der Waals surface area contributed by atoms with Crippen molar-refractivity contribution >= 4 is 0 Å². The van der Waals surface area contributed by atoms with E-state index in [0.717, 1.165) is 24.1 Å². The Morgan fingerprint density at radius 1 is 1.16 bits per heavy atom. The van der Waals surface area contributed by atoms with Crippen molar-refractivity contribution in [2.24, 2.45) is 5.92 Å². The summed E-state index contributed by atoms with van der Waals surface area (Å²) < 4.78 is 1.83. The van der Waals surface area contributed by atoms with Gasteiger partial charge in [-0.2, -0.15) is 5.10 Å². The van der Waals surface area contributed by atoms with E-state index < -0.39 is 6.10 Å². The van der Waals surface area contributed by atoms with Gasteiger partial charge in [-0.05, 0) is 30.4 Å². The largest absolute Gasteiger partial charge is 0.384 e. The molecule has 1 N–H and O–H groups in total. The molecule has 102 valence electrons. The van der Waals surface area contributed by atoms with Crippen molar-refractivity contribution in [2.75, 3.05) is 0 Å². The molecule has 0 aliphatic rings. The maximum atomic E-state index is 10.3. The van der Waals surface area contributed by atoms with Crippen LogP contribution in [-0.4, -0.2) is 14.9 Å². The lowest BCUT2D eigenvalue weighted by Gasteiger charge is -2.10. The van der Waals surface area contributed by atoms with Crippen LogP contribution in [0, 0.1) is 5.92 Å². The number of aryl methyl sites for hydroxylation is 1. The van der Waals surface area contributed by atoms with Crippen LogP contribution in [0.2, 0.25) is 0 Å². The van der Waals surface area contributed by atoms with E-state index in [1.807, 2.05) is 29.9 Å². The summed E-state index contributed by atoms with van der Waals surface area (Å²) in [6.45, 7) is 7.27. The van der Waals surface area contributed by atoms with Gasteiger partial charge in [-0.1, -0.05) is 38.1 Å². The lowest BCUT2D eigenvalue weighted by atomic mass is 9.99. The fraction of sp³-hybridized carbons (Fsp3) is 0.438. The zero-order chi connectivity index (χ0) is 13.8. The second-order valence-corrected chi connectivity index (χ2v) is 5.37. The van der Waals surface area contributed by atoms with Crippen molar-refractivity contribution in [2.45, 2.75) is 39.8 Å². The smallest absolute Gasteiger partial charge is 0.107 e. The van der Waals surface area contributed by atoms with Gasteiger partial charge in [0, 0.05) is 18.3 Å². The van der Waals surface area contributed by atoms with Crippen molar-refractivity contribution in [3.8, 4) is 0 Å². The maximum absolute atomic E-state index is 10.3. The molecule has 1 aromatic heterocycles. The molecule has 1 aromatic carbocycles. The third-order valence-electron chi connectivity index (χ3n) is 3.23. The predicted molar refractivity (Wildman–Crippen MR) is 76.9 cm³/mol. The number of aromatic nitrogens is 2. The van der Waals surface area contributed by atoms with Crippen LogP contribution in [0.5, 0.6) is 0 Å². The van der Waals surface area contributed by atoms with Gasteiger partial charge in [0.2, 0.25) is 0 Å². The molecule has 0 aliphatic carbocycles. The SMILES string of the molecule is CCn1cc(C(O)c2ccc(CC(C)C)cc2)cn1. The zero-order valence-corrected chi connectivity index (χ0v) is 11.9. The molecule has 0 saturated carbocycles. The van der Waals surface area contributed by atoms with Crippen LogP contribution in [0.4, 0.5) is 0 Å². The van der Waals surface area contributed by atoms with Crippen LogP contribution in [-0.2, 0) is 13.0 Å². The Balaban J connectivity index is 2.12. The first-order valence-corrected chi connectivity index (χ1v) is 6.89. The highest BCUT2D eigenvalue weighted by molar-refractivity contribution is 5.30. The van der Waals surface area contributed by atoms with Crippen LogP contribution in [0.15, 0.2) is 36.7 Å². The molecule has 3 nitrogen and oxygen atoms in total. The van der Waals surface area contributed by atoms with Gasteiger partial charge < -0.3 is 5.11 Å². The first kappa shape index (κ1) is 13.8. The summed E-state index contributed by atoms with van der Waals surface area (Å²) in [6.07, 6.45) is 4.11. The molecule has 0 fully saturated rings. The Kier molecular flexibility index (Phi) is 4.38. The first-order chi connectivity index (χ1) is 9.10. The molecule has 0 radical (unpaired) electrons. The molecular formula is C16H22N2O. The van der Waals surface area contributed by atoms with Gasteiger partial charge in [-0.15, -0.1) is 0 Å². The first-order valence-electron chi connectivity index (χ1n) is 6.89. The molecular weight excluding hydrogens is 236 g/mol. The van der Waals surface area contributed by atoms with Crippen LogP contribution in [0.1, 0.15) is 43.6 Å². The highest BCUT2D eigenvalue weighted by Crippen LogP contribution is 2.22. The Morgan fingerprint density at radius 3 is 2.37 bits per heavy atom. The molecule has 1 heterocycles. The molecule has 19 heavy (non-hydrogen) atoms. The van der Waals surface area contributed by atoms with Gasteiger partial charge in [0.1, 0.15) is 6.10 Å². The fourth-order valence-electron chi connectivity index (χ4n) is 2.19. The van der Waals surface area contributed by atoms with Crippen molar-refractivity contribution in [3.05, 3.63) is 53.3 Å². The highest BCUT2D eigenvalue weighted by atomic mass is 16.3. The minimum absolute atomic E-state index is 0.589. The lowest BCUT2D eigenvalue weighted by molar-refractivity contribution is 0.220. The van der Waals surface area contributed by atoms with Crippen LogP contribution in [0.3, 0.4) is 0 Å². The number of hydrogen-bond donors (Lipinski definition) is 1. The van der Waals surface area contributed by atoms with Gasteiger partial charge in [0.25, 0.3) is 0 Å². The van der Waals surface area contributed by atoms with Gasteiger partial charge in [0.05, 0.1) is 6.20 Å². The van der Waals surface area contributed by atoms with Crippen LogP contribution < -0.4 is 0 Å². The Labute approximate surface area is 114 Å². The highest BCUT2D eigenvalue weighted by Gasteiger charge is 2.12. The van der Waals surface area contributed by atoms with E-state index in [-0.39, 0.29) is 0 Å². The van der Waals surface area contributed by atoms with E-state index in [9.17, 15) is 5.11 Å². The quantitative estimate of drug-likeness (QED) is 0.894. The normalized spacial score (nSPS) is 12.9. The number of rotatable bonds is 5. The molecule has 0 amide bonds. The predicted octanol–water partition coefficient (Wildman–Crippen LogP) is 3.18. The van der Waals surface area contributed by atoms with Gasteiger partial charge in [-0.3, -0.25) is 4.68 Å². The molecule has 1 unspecified atom stereocenters. The van der Waals surface area contributed by atoms with E-state index in [0.29, 0.717) is 5.92 Å². The molecule has 0 saturated heterocycles. The monoisotopic (exact) mass is 258 g/mol. The van der Waals surface area contributed by atoms with E-state index >= 15 is 0 Å². The average molecular weight is 258 g/mol. The van der Waals surface area contributed by atoms with E-state index in [1.54, 1.807) is 6.20 Å². The minimum atomic E-state index is -0.589. The number of hydrogen-bond acceptors (Lipinski definition) is 2. The Hall–Kier alpha value is -1.61. The zero-order valence-electron chi connectivity index (χ0n) is 11.9. The summed E-state index contributed by atoms with van der Waals surface area (Å²) in [4.78, 5) is 0. The summed E-state index contributed by atoms with van der Waals surface area (Å²) in [7, 11) is 0. The van der Waals surface area contributed by atoms with E-state index in [1.165, 1.54) is 5.56 Å². The molecule has 0 aliphatic heterocycles. The van der Waals surface area contributed by atoms with Gasteiger partial charge in [0.15, 0.2) is 0 Å². The third-order valence-corrected chi connectivity index (χ3v) is 3.23. The third kappa shape index (κ3) is 3.44. The fourth-order valence-corrected chi connectivity index (χ4v) is 2.19. The molecule has 1 atom stereocenters. The van der Waals surface area contributed by atoms with Crippen molar-refractivity contribution in [1.82, 2.24) is 9.78 Å². The van der Waals surface area contributed by atoms with E-state index in [2.05, 4.69) is 31.1 Å².